The molecule has 0 amide bonds. The summed E-state index contributed by atoms with van der Waals surface area (Å²) < 4.78 is 58.9. The lowest BCUT2D eigenvalue weighted by Crippen LogP contribution is -2.44. The number of ether oxygens (including phenoxy) is 1. The molecule has 1 N–H and O–H groups in total. The fourth-order valence-corrected chi connectivity index (χ4v) is 5.48. The van der Waals surface area contributed by atoms with Crippen molar-refractivity contribution in [3.05, 3.63) is 71.4 Å². The van der Waals surface area contributed by atoms with E-state index in [-0.39, 0.29) is 12.3 Å². The highest BCUT2D eigenvalue weighted by molar-refractivity contribution is 5.83. The molecule has 0 unspecified atom stereocenters. The predicted molar refractivity (Wildman–Crippen MR) is 141 cm³/mol. The lowest BCUT2D eigenvalue weighted by Gasteiger charge is -2.37. The molecule has 1 fully saturated rings. The van der Waals surface area contributed by atoms with E-state index in [0.717, 1.165) is 43.6 Å². The van der Waals surface area contributed by atoms with Crippen molar-refractivity contribution in [1.29, 1.82) is 0 Å². The lowest BCUT2D eigenvalue weighted by atomic mass is 9.81. The molecule has 4 rings (SSSR count). The minimum atomic E-state index is -4.34. The average Bonchev–Trinajstić information content (AvgIpc) is 2.93. The largest absolute Gasteiger partial charge is 0.497 e. The summed E-state index contributed by atoms with van der Waals surface area (Å²) in [4.78, 5) is 18.5. The van der Waals surface area contributed by atoms with Crippen LogP contribution in [0.2, 0.25) is 0 Å². The van der Waals surface area contributed by atoms with Gasteiger partial charge in [-0.2, -0.15) is 13.2 Å². The van der Waals surface area contributed by atoms with Gasteiger partial charge >= 0.3 is 12.1 Å². The Morgan fingerprint density at radius 1 is 1.15 bits per heavy atom. The number of hydrogen-bond acceptors (Lipinski definition) is 4. The van der Waals surface area contributed by atoms with Crippen LogP contribution in [0.3, 0.4) is 0 Å². The van der Waals surface area contributed by atoms with Crippen LogP contribution in [0.15, 0.2) is 54.7 Å². The number of alkyl halides is 4. The van der Waals surface area contributed by atoms with E-state index in [4.69, 9.17) is 4.74 Å². The lowest BCUT2D eigenvalue weighted by molar-refractivity contribution is -0.146. The number of aryl methyl sites for hydroxylation is 1. The fraction of sp³-hybridized carbons (Fsp3) is 0.467. The third-order valence-corrected chi connectivity index (χ3v) is 7.74. The van der Waals surface area contributed by atoms with Crippen molar-refractivity contribution in [2.45, 2.75) is 50.9 Å². The number of piperidine rings is 1. The molecule has 210 valence electrons. The Morgan fingerprint density at radius 2 is 1.92 bits per heavy atom. The van der Waals surface area contributed by atoms with Gasteiger partial charge in [0.05, 0.1) is 24.1 Å². The smallest absolute Gasteiger partial charge is 0.416 e. The minimum Gasteiger partial charge on any atom is -0.497 e. The Balaban J connectivity index is 1.26. The van der Waals surface area contributed by atoms with E-state index >= 15 is 4.39 Å². The molecule has 2 aromatic carbocycles. The van der Waals surface area contributed by atoms with Crippen LogP contribution in [0.25, 0.3) is 10.9 Å². The number of aliphatic carboxylic acids is 1. The topological polar surface area (TPSA) is 62.7 Å². The Morgan fingerprint density at radius 3 is 2.62 bits per heavy atom. The van der Waals surface area contributed by atoms with E-state index in [1.165, 1.54) is 12.1 Å². The summed E-state index contributed by atoms with van der Waals surface area (Å²) in [5, 5.41) is 10.6. The van der Waals surface area contributed by atoms with Gasteiger partial charge in [0, 0.05) is 18.1 Å². The zero-order valence-corrected chi connectivity index (χ0v) is 22.0. The highest BCUT2D eigenvalue weighted by Gasteiger charge is 2.34. The van der Waals surface area contributed by atoms with E-state index in [0.29, 0.717) is 48.0 Å². The highest BCUT2D eigenvalue weighted by atomic mass is 19.4. The summed E-state index contributed by atoms with van der Waals surface area (Å²) in [6.07, 6.45) is -0.283. The first-order chi connectivity index (χ1) is 18.7. The number of fused-ring (bicyclic) bond motifs is 1. The van der Waals surface area contributed by atoms with Crippen molar-refractivity contribution in [2.75, 3.05) is 26.7 Å². The van der Waals surface area contributed by atoms with Crippen LogP contribution in [0.1, 0.15) is 55.0 Å². The van der Waals surface area contributed by atoms with Gasteiger partial charge in [0.2, 0.25) is 0 Å². The molecule has 5 nitrogen and oxygen atoms in total. The molecule has 2 heterocycles. The predicted octanol–water partition coefficient (Wildman–Crippen LogP) is 7.10. The van der Waals surface area contributed by atoms with E-state index < -0.39 is 29.8 Å². The van der Waals surface area contributed by atoms with Gasteiger partial charge in [-0.25, -0.2) is 4.39 Å². The second-order valence-corrected chi connectivity index (χ2v) is 10.3. The number of nitrogens with zero attached hydrogens (tertiary/aromatic N) is 2. The third-order valence-electron chi connectivity index (χ3n) is 7.74. The first kappa shape index (κ1) is 28.8. The molecule has 0 bridgehead atoms. The summed E-state index contributed by atoms with van der Waals surface area (Å²) in [6, 6.07) is 12.3. The minimum absolute atomic E-state index is 0.105. The number of methoxy groups -OCH3 is 1. The molecule has 0 saturated carbocycles. The quantitative estimate of drug-likeness (QED) is 0.205. The summed E-state index contributed by atoms with van der Waals surface area (Å²) >= 11 is 0. The normalized spacial score (nSPS) is 19.2. The molecule has 39 heavy (non-hydrogen) atoms. The maximum atomic E-state index is 15.4. The molecule has 1 saturated heterocycles. The Hall–Kier alpha value is -3.20. The molecule has 3 atom stereocenters. The molecular weight excluding hydrogens is 512 g/mol. The van der Waals surface area contributed by atoms with Crippen molar-refractivity contribution >= 4 is 16.9 Å². The number of unbranched alkanes of at least 4 members (excludes halogenated alkanes) is 1. The van der Waals surface area contributed by atoms with Crippen LogP contribution < -0.4 is 4.74 Å². The van der Waals surface area contributed by atoms with Gasteiger partial charge in [-0.3, -0.25) is 9.78 Å². The first-order valence-electron chi connectivity index (χ1n) is 13.3. The fourth-order valence-electron chi connectivity index (χ4n) is 5.48. The van der Waals surface area contributed by atoms with Crippen LogP contribution in [0, 0.1) is 11.8 Å². The van der Waals surface area contributed by atoms with Gasteiger partial charge in [-0.05, 0) is 105 Å². The summed E-state index contributed by atoms with van der Waals surface area (Å²) in [5.74, 6) is -0.896. The molecule has 1 aromatic heterocycles. The van der Waals surface area contributed by atoms with E-state index in [9.17, 15) is 23.1 Å². The summed E-state index contributed by atoms with van der Waals surface area (Å²) in [5.41, 5.74) is 1.43. The van der Waals surface area contributed by atoms with Gasteiger partial charge in [0.15, 0.2) is 0 Å². The zero-order valence-electron chi connectivity index (χ0n) is 22.0. The molecular formula is C30H34F4N2O3. The average molecular weight is 547 g/mol. The third kappa shape index (κ3) is 7.47. The van der Waals surface area contributed by atoms with Crippen LogP contribution in [-0.4, -0.2) is 47.7 Å². The number of carboxylic acids is 1. The van der Waals surface area contributed by atoms with Gasteiger partial charge in [-0.15, -0.1) is 0 Å². The van der Waals surface area contributed by atoms with Crippen molar-refractivity contribution in [1.82, 2.24) is 9.88 Å². The summed E-state index contributed by atoms with van der Waals surface area (Å²) in [7, 11) is 1.56. The van der Waals surface area contributed by atoms with Gasteiger partial charge in [-0.1, -0.05) is 12.1 Å². The maximum absolute atomic E-state index is 15.4. The van der Waals surface area contributed by atoms with E-state index in [1.54, 1.807) is 37.6 Å². The van der Waals surface area contributed by atoms with Crippen LogP contribution >= 0.6 is 0 Å². The molecule has 3 aromatic rings. The Bertz CT molecular complexity index is 1250. The molecule has 1 aliphatic rings. The number of hydrogen-bond donors (Lipinski definition) is 1. The summed E-state index contributed by atoms with van der Waals surface area (Å²) in [6.45, 7) is 1.90. The SMILES string of the molecule is COc1ccc2nccc([C@H](F)CC[C@@H]3CCN(CCCCc4ccc(C(F)(F)F)cc4)C[C@@H]3C(=O)O)c2c1. The van der Waals surface area contributed by atoms with Gasteiger partial charge in [0.25, 0.3) is 0 Å². The number of carbonyl (C=O) groups is 1. The van der Waals surface area contributed by atoms with Crippen LogP contribution in [-0.2, 0) is 17.4 Å². The van der Waals surface area contributed by atoms with Gasteiger partial charge < -0.3 is 14.7 Å². The molecule has 9 heteroatoms. The molecule has 1 aliphatic heterocycles. The van der Waals surface area contributed by atoms with Crippen LogP contribution in [0.4, 0.5) is 17.6 Å². The maximum Gasteiger partial charge on any atom is 0.416 e. The van der Waals surface area contributed by atoms with Crippen molar-refractivity contribution in [2.24, 2.45) is 11.8 Å². The number of likely N-dealkylation sites (tertiary alicyclic amines) is 1. The van der Waals surface area contributed by atoms with Crippen molar-refractivity contribution in [3.8, 4) is 5.75 Å². The van der Waals surface area contributed by atoms with Crippen LogP contribution in [0.5, 0.6) is 5.75 Å². The second kappa shape index (κ2) is 12.8. The molecule has 0 aliphatic carbocycles. The number of carboxylic acid groups (broad SMARTS) is 1. The number of aromatic nitrogens is 1. The monoisotopic (exact) mass is 546 g/mol. The standard InChI is InChI=1S/C30H34F4N2O3/c1-39-23-10-12-28-25(18-23)24(13-15-35-28)27(31)11-7-21-14-17-36(19-26(21)29(37)38)16-3-2-4-20-5-8-22(9-6-20)30(32,33)34/h5-6,8-10,12-13,15,18,21,26-27H,2-4,7,11,14,16-17,19H2,1H3,(H,37,38)/t21-,26+,27-/m1/s1. The Labute approximate surface area is 225 Å². The Kier molecular flexibility index (Phi) is 9.43. The van der Waals surface area contributed by atoms with E-state index in [2.05, 4.69) is 9.88 Å². The second-order valence-electron chi connectivity index (χ2n) is 10.3. The number of benzene rings is 2. The van der Waals surface area contributed by atoms with Gasteiger partial charge in [0.1, 0.15) is 11.9 Å². The molecule has 0 radical (unpaired) electrons. The van der Waals surface area contributed by atoms with Crippen molar-refractivity contribution in [3.63, 3.8) is 0 Å². The zero-order chi connectivity index (χ0) is 28.0. The molecule has 0 spiro atoms. The highest BCUT2D eigenvalue weighted by Crippen LogP contribution is 2.35. The number of pyridine rings is 1. The number of halogens is 4. The van der Waals surface area contributed by atoms with Crippen molar-refractivity contribution < 1.29 is 32.2 Å². The first-order valence-corrected chi connectivity index (χ1v) is 13.3. The number of rotatable bonds is 11. The van der Waals surface area contributed by atoms with E-state index in [1.807, 2.05) is 0 Å².